The number of esters is 3. The summed E-state index contributed by atoms with van der Waals surface area (Å²) < 4.78 is 16.5. The minimum atomic E-state index is -0.764. The van der Waals surface area contributed by atoms with Crippen molar-refractivity contribution in [2.45, 2.75) is 232 Å². The van der Waals surface area contributed by atoms with Gasteiger partial charge in [-0.3, -0.25) is 14.4 Å². The molecule has 0 spiro atoms. The van der Waals surface area contributed by atoms with Crippen molar-refractivity contribution >= 4 is 17.9 Å². The van der Waals surface area contributed by atoms with E-state index in [0.29, 0.717) is 19.3 Å². The second-order valence-corrected chi connectivity index (χ2v) is 15.0. The van der Waals surface area contributed by atoms with Crippen molar-refractivity contribution in [2.75, 3.05) is 13.2 Å². The van der Waals surface area contributed by atoms with Gasteiger partial charge in [0.05, 0.1) is 0 Å². The van der Waals surface area contributed by atoms with Crippen LogP contribution in [0.3, 0.4) is 0 Å². The van der Waals surface area contributed by atoms with E-state index >= 15 is 0 Å². The fourth-order valence-corrected chi connectivity index (χ4v) is 6.21. The number of carbonyl (C=O) groups is 3. The van der Waals surface area contributed by atoms with Gasteiger partial charge in [0.25, 0.3) is 0 Å². The van der Waals surface area contributed by atoms with Gasteiger partial charge in [0.1, 0.15) is 13.2 Å². The zero-order valence-electron chi connectivity index (χ0n) is 35.0. The number of unbranched alkanes of at least 4 members (excludes halogenated alkanes) is 23. The first-order chi connectivity index (χ1) is 26.0. The number of hydrogen-bond donors (Lipinski definition) is 0. The molecule has 0 rings (SSSR count). The van der Waals surface area contributed by atoms with Crippen molar-refractivity contribution in [1.82, 2.24) is 0 Å². The lowest BCUT2D eigenvalue weighted by Crippen LogP contribution is -2.30. The smallest absolute Gasteiger partial charge is 0.306 e. The largest absolute Gasteiger partial charge is 0.462 e. The van der Waals surface area contributed by atoms with Gasteiger partial charge in [-0.25, -0.2) is 0 Å². The molecule has 0 aromatic carbocycles. The van der Waals surface area contributed by atoms with Gasteiger partial charge < -0.3 is 14.2 Å². The third kappa shape index (κ3) is 40.6. The maximum absolute atomic E-state index is 12.5. The molecule has 0 aromatic rings. The first-order valence-electron chi connectivity index (χ1n) is 22.5. The van der Waals surface area contributed by atoms with Crippen LogP contribution in [0, 0.1) is 0 Å². The predicted molar refractivity (Wildman–Crippen MR) is 224 cm³/mol. The standard InChI is InChI=1S/C47H84O6/c1-4-7-10-13-16-17-18-19-20-21-22-23-24-25-26-27-28-29-30-31-32-35-37-40-46(49)52-43-44(53-47(50)41-38-34-15-12-9-6-3)42-51-45(48)39-36-33-14-11-8-5-2/h18-19,21-22,24-25,44H,4-17,20,23,26-43H2,1-3H3/b19-18-,22-21-,25-24-. The Bertz CT molecular complexity index is 907. The Balaban J connectivity index is 4.05. The minimum absolute atomic E-state index is 0.0741. The second-order valence-electron chi connectivity index (χ2n) is 15.0. The van der Waals surface area contributed by atoms with E-state index in [-0.39, 0.29) is 31.1 Å². The van der Waals surface area contributed by atoms with E-state index in [1.807, 2.05) is 0 Å². The highest BCUT2D eigenvalue weighted by molar-refractivity contribution is 5.71. The molecule has 0 aliphatic rings. The van der Waals surface area contributed by atoms with Crippen LogP contribution in [0.1, 0.15) is 226 Å². The molecule has 0 saturated carbocycles. The van der Waals surface area contributed by atoms with Crippen LogP contribution in [-0.2, 0) is 28.6 Å². The van der Waals surface area contributed by atoms with Crippen molar-refractivity contribution in [3.05, 3.63) is 36.5 Å². The van der Waals surface area contributed by atoms with E-state index in [2.05, 4.69) is 57.2 Å². The summed E-state index contributed by atoms with van der Waals surface area (Å²) in [6.07, 6.45) is 47.5. The van der Waals surface area contributed by atoms with Crippen molar-refractivity contribution in [3.63, 3.8) is 0 Å². The molecule has 53 heavy (non-hydrogen) atoms. The maximum atomic E-state index is 12.5. The van der Waals surface area contributed by atoms with E-state index in [4.69, 9.17) is 14.2 Å². The molecule has 1 unspecified atom stereocenters. The summed E-state index contributed by atoms with van der Waals surface area (Å²) >= 11 is 0. The molecular formula is C47H84O6. The molecule has 6 nitrogen and oxygen atoms in total. The Hall–Kier alpha value is -2.37. The van der Waals surface area contributed by atoms with Crippen LogP contribution < -0.4 is 0 Å². The number of rotatable bonds is 40. The molecule has 0 fully saturated rings. The summed E-state index contributed by atoms with van der Waals surface area (Å²) in [4.78, 5) is 37.3. The second kappa shape index (κ2) is 42.4. The summed E-state index contributed by atoms with van der Waals surface area (Å²) in [5, 5.41) is 0. The van der Waals surface area contributed by atoms with Crippen LogP contribution in [0.15, 0.2) is 36.5 Å². The lowest BCUT2D eigenvalue weighted by Gasteiger charge is -2.18. The molecule has 0 heterocycles. The fourth-order valence-electron chi connectivity index (χ4n) is 6.21. The van der Waals surface area contributed by atoms with Crippen molar-refractivity contribution in [3.8, 4) is 0 Å². The molecule has 0 N–H and O–H groups in total. The van der Waals surface area contributed by atoms with Crippen molar-refractivity contribution in [1.29, 1.82) is 0 Å². The lowest BCUT2D eigenvalue weighted by atomic mass is 10.1. The summed E-state index contributed by atoms with van der Waals surface area (Å²) in [6, 6.07) is 0. The summed E-state index contributed by atoms with van der Waals surface area (Å²) in [5.41, 5.74) is 0. The zero-order valence-corrected chi connectivity index (χ0v) is 35.0. The SMILES string of the molecule is CCCCCCC/C=C\C/C=C\C/C=C\CCCCCCCCCCC(=O)OCC(COC(=O)CCCCCCCC)OC(=O)CCCCCCCC. The minimum Gasteiger partial charge on any atom is -0.462 e. The van der Waals surface area contributed by atoms with Crippen LogP contribution in [0.25, 0.3) is 0 Å². The Labute approximate surface area is 327 Å². The van der Waals surface area contributed by atoms with Gasteiger partial charge in [-0.1, -0.05) is 186 Å². The molecule has 0 saturated heterocycles. The van der Waals surface area contributed by atoms with Crippen LogP contribution in [0.4, 0.5) is 0 Å². The first kappa shape index (κ1) is 50.6. The molecule has 1 atom stereocenters. The van der Waals surface area contributed by atoms with Gasteiger partial charge in [0.2, 0.25) is 0 Å². The molecule has 0 aliphatic heterocycles. The third-order valence-electron chi connectivity index (χ3n) is 9.65. The highest BCUT2D eigenvalue weighted by atomic mass is 16.6. The third-order valence-corrected chi connectivity index (χ3v) is 9.65. The zero-order chi connectivity index (χ0) is 38.7. The summed E-state index contributed by atoms with van der Waals surface area (Å²) in [6.45, 7) is 6.49. The summed E-state index contributed by atoms with van der Waals surface area (Å²) in [7, 11) is 0. The highest BCUT2D eigenvalue weighted by Crippen LogP contribution is 2.13. The first-order valence-corrected chi connectivity index (χ1v) is 22.5. The van der Waals surface area contributed by atoms with Gasteiger partial charge in [-0.05, 0) is 57.8 Å². The Morgan fingerprint density at radius 1 is 0.377 bits per heavy atom. The van der Waals surface area contributed by atoms with Crippen molar-refractivity contribution < 1.29 is 28.6 Å². The molecule has 0 amide bonds. The van der Waals surface area contributed by atoms with E-state index in [1.54, 1.807) is 0 Å². The van der Waals surface area contributed by atoms with Gasteiger partial charge in [0, 0.05) is 19.3 Å². The van der Waals surface area contributed by atoms with Crippen LogP contribution in [-0.4, -0.2) is 37.2 Å². The molecular weight excluding hydrogens is 661 g/mol. The molecule has 0 radical (unpaired) electrons. The van der Waals surface area contributed by atoms with Gasteiger partial charge in [-0.2, -0.15) is 0 Å². The molecule has 308 valence electrons. The topological polar surface area (TPSA) is 78.9 Å². The monoisotopic (exact) mass is 745 g/mol. The van der Waals surface area contributed by atoms with E-state index in [0.717, 1.165) is 77.0 Å². The van der Waals surface area contributed by atoms with Gasteiger partial charge in [0.15, 0.2) is 6.10 Å². The van der Waals surface area contributed by atoms with Crippen LogP contribution in [0.2, 0.25) is 0 Å². The molecule has 6 heteroatoms. The number of hydrogen-bond acceptors (Lipinski definition) is 6. The van der Waals surface area contributed by atoms with Crippen LogP contribution >= 0.6 is 0 Å². The van der Waals surface area contributed by atoms with E-state index in [1.165, 1.54) is 109 Å². The van der Waals surface area contributed by atoms with E-state index < -0.39 is 6.10 Å². The maximum Gasteiger partial charge on any atom is 0.306 e. The lowest BCUT2D eigenvalue weighted by molar-refractivity contribution is -0.167. The molecule has 0 aliphatic carbocycles. The Morgan fingerprint density at radius 2 is 0.679 bits per heavy atom. The normalized spacial score (nSPS) is 12.3. The highest BCUT2D eigenvalue weighted by Gasteiger charge is 2.19. The number of ether oxygens (including phenoxy) is 3. The van der Waals surface area contributed by atoms with Gasteiger partial charge >= 0.3 is 17.9 Å². The number of carbonyl (C=O) groups excluding carboxylic acids is 3. The molecule has 0 bridgehead atoms. The van der Waals surface area contributed by atoms with E-state index in [9.17, 15) is 14.4 Å². The fraction of sp³-hybridized carbons (Fsp3) is 0.809. The number of allylic oxidation sites excluding steroid dienone is 6. The average molecular weight is 745 g/mol. The van der Waals surface area contributed by atoms with Crippen LogP contribution in [0.5, 0.6) is 0 Å². The van der Waals surface area contributed by atoms with Crippen molar-refractivity contribution in [2.24, 2.45) is 0 Å². The predicted octanol–water partition coefficient (Wildman–Crippen LogP) is 14.2. The Morgan fingerprint density at radius 3 is 1.06 bits per heavy atom. The summed E-state index contributed by atoms with van der Waals surface area (Å²) in [5.74, 6) is -0.902. The van der Waals surface area contributed by atoms with Gasteiger partial charge in [-0.15, -0.1) is 0 Å². The Kier molecular flexibility index (Phi) is 40.5. The molecule has 0 aromatic heterocycles. The quantitative estimate of drug-likeness (QED) is 0.0269. The average Bonchev–Trinajstić information content (AvgIpc) is 3.15.